The van der Waals surface area contributed by atoms with Crippen LogP contribution in [0.4, 0.5) is 4.39 Å². The van der Waals surface area contributed by atoms with Crippen molar-refractivity contribution in [2.24, 2.45) is 5.73 Å². The van der Waals surface area contributed by atoms with Gasteiger partial charge in [-0.25, -0.2) is 4.39 Å². The Morgan fingerprint density at radius 2 is 2.05 bits per heavy atom. The molecule has 0 spiro atoms. The third kappa shape index (κ3) is 3.67. The molecule has 0 saturated carbocycles. The van der Waals surface area contributed by atoms with Crippen LogP contribution >= 0.6 is 23.8 Å². The smallest absolute Gasteiger partial charge is 0.129 e. The number of hydrogen-bond acceptors (Lipinski definition) is 3. The van der Waals surface area contributed by atoms with Gasteiger partial charge in [0.25, 0.3) is 0 Å². The Kier molecular flexibility index (Phi) is 5.32. The van der Waals surface area contributed by atoms with E-state index in [0.29, 0.717) is 22.1 Å². The second kappa shape index (κ2) is 6.80. The van der Waals surface area contributed by atoms with Gasteiger partial charge in [0.05, 0.1) is 11.0 Å². The van der Waals surface area contributed by atoms with Gasteiger partial charge in [-0.3, -0.25) is 9.80 Å². The summed E-state index contributed by atoms with van der Waals surface area (Å²) in [5.41, 5.74) is 6.25. The molecule has 2 rings (SSSR count). The first kappa shape index (κ1) is 15.6. The van der Waals surface area contributed by atoms with Crippen molar-refractivity contribution in [2.75, 3.05) is 26.2 Å². The highest BCUT2D eigenvalue weighted by Gasteiger charge is 2.23. The molecular weight excluding hydrogens is 297 g/mol. The van der Waals surface area contributed by atoms with Crippen LogP contribution in [0.2, 0.25) is 5.02 Å². The van der Waals surface area contributed by atoms with E-state index in [4.69, 9.17) is 29.6 Å². The molecule has 20 heavy (non-hydrogen) atoms. The van der Waals surface area contributed by atoms with E-state index in [-0.39, 0.29) is 11.9 Å². The number of piperazine rings is 1. The Balaban J connectivity index is 1.93. The van der Waals surface area contributed by atoms with Crippen molar-refractivity contribution in [2.45, 2.75) is 19.5 Å². The zero-order valence-corrected chi connectivity index (χ0v) is 13.1. The largest absolute Gasteiger partial charge is 0.392 e. The molecule has 1 fully saturated rings. The minimum Gasteiger partial charge on any atom is -0.392 e. The van der Waals surface area contributed by atoms with Gasteiger partial charge in [-0.2, -0.15) is 0 Å². The van der Waals surface area contributed by atoms with Crippen molar-refractivity contribution in [1.82, 2.24) is 9.80 Å². The van der Waals surface area contributed by atoms with E-state index in [9.17, 15) is 4.39 Å². The van der Waals surface area contributed by atoms with Gasteiger partial charge in [0.15, 0.2) is 0 Å². The highest BCUT2D eigenvalue weighted by Crippen LogP contribution is 2.21. The lowest BCUT2D eigenvalue weighted by Crippen LogP contribution is -2.52. The quantitative estimate of drug-likeness (QED) is 0.864. The molecule has 1 aliphatic rings. The van der Waals surface area contributed by atoms with Crippen molar-refractivity contribution < 1.29 is 4.39 Å². The van der Waals surface area contributed by atoms with Crippen LogP contribution in [0, 0.1) is 5.82 Å². The Labute approximate surface area is 129 Å². The first-order valence-electron chi connectivity index (χ1n) is 6.67. The van der Waals surface area contributed by atoms with Crippen LogP contribution in [-0.4, -0.2) is 47.0 Å². The lowest BCUT2D eigenvalue weighted by molar-refractivity contribution is 0.117. The molecule has 0 radical (unpaired) electrons. The molecule has 1 saturated heterocycles. The number of nitrogens with two attached hydrogens (primary N) is 1. The van der Waals surface area contributed by atoms with E-state index in [1.165, 1.54) is 6.07 Å². The van der Waals surface area contributed by atoms with Gasteiger partial charge in [-0.05, 0) is 19.1 Å². The number of halogens is 2. The van der Waals surface area contributed by atoms with Crippen molar-refractivity contribution in [3.05, 3.63) is 34.6 Å². The molecule has 0 aliphatic carbocycles. The Morgan fingerprint density at radius 1 is 1.40 bits per heavy atom. The molecule has 1 heterocycles. The molecule has 110 valence electrons. The molecule has 1 aromatic rings. The summed E-state index contributed by atoms with van der Waals surface area (Å²) in [7, 11) is 0. The minimum absolute atomic E-state index is 0.115. The van der Waals surface area contributed by atoms with Crippen LogP contribution in [0.15, 0.2) is 18.2 Å². The minimum atomic E-state index is -0.239. The molecule has 6 heteroatoms. The molecule has 1 aromatic carbocycles. The van der Waals surface area contributed by atoms with E-state index >= 15 is 0 Å². The summed E-state index contributed by atoms with van der Waals surface area (Å²) >= 11 is 11.1. The highest BCUT2D eigenvalue weighted by molar-refractivity contribution is 7.80. The van der Waals surface area contributed by atoms with Gasteiger partial charge < -0.3 is 5.73 Å². The van der Waals surface area contributed by atoms with E-state index in [0.717, 1.165) is 26.2 Å². The Morgan fingerprint density at radius 3 is 2.60 bits per heavy atom. The molecule has 2 N–H and O–H groups in total. The van der Waals surface area contributed by atoms with Gasteiger partial charge in [0, 0.05) is 43.3 Å². The highest BCUT2D eigenvalue weighted by atomic mass is 35.5. The van der Waals surface area contributed by atoms with E-state index in [2.05, 4.69) is 9.80 Å². The number of nitrogens with zero attached hydrogens (tertiary/aromatic N) is 2. The standard InChI is InChI=1S/C14H19ClFN3S/c1-10(14(17)20)19-7-5-18(6-8-19)9-11-12(15)3-2-4-13(11)16/h2-4,10H,5-9H2,1H3,(H2,17,20). The van der Waals surface area contributed by atoms with Gasteiger partial charge >= 0.3 is 0 Å². The maximum Gasteiger partial charge on any atom is 0.129 e. The van der Waals surface area contributed by atoms with Crippen molar-refractivity contribution in [1.29, 1.82) is 0 Å². The summed E-state index contributed by atoms with van der Waals surface area (Å²) in [6.07, 6.45) is 0. The number of thiocarbonyl (C=S) groups is 1. The average molecular weight is 316 g/mol. The lowest BCUT2D eigenvalue weighted by Gasteiger charge is -2.37. The first-order valence-corrected chi connectivity index (χ1v) is 7.46. The zero-order valence-electron chi connectivity index (χ0n) is 11.5. The maximum atomic E-state index is 13.8. The molecule has 0 amide bonds. The lowest BCUT2D eigenvalue weighted by atomic mass is 10.1. The van der Waals surface area contributed by atoms with E-state index < -0.39 is 0 Å². The molecule has 1 unspecified atom stereocenters. The van der Waals surface area contributed by atoms with Crippen LogP contribution in [0.5, 0.6) is 0 Å². The predicted octanol–water partition coefficient (Wildman–Crippen LogP) is 2.27. The molecular formula is C14H19ClFN3S. The van der Waals surface area contributed by atoms with Crippen molar-refractivity contribution in [3.8, 4) is 0 Å². The van der Waals surface area contributed by atoms with Crippen LogP contribution < -0.4 is 5.73 Å². The van der Waals surface area contributed by atoms with Crippen LogP contribution in [0.1, 0.15) is 12.5 Å². The van der Waals surface area contributed by atoms with Gasteiger partial charge in [0.1, 0.15) is 5.82 Å². The van der Waals surface area contributed by atoms with Crippen LogP contribution in [0.3, 0.4) is 0 Å². The fraction of sp³-hybridized carbons (Fsp3) is 0.500. The van der Waals surface area contributed by atoms with Gasteiger partial charge in [-0.15, -0.1) is 0 Å². The summed E-state index contributed by atoms with van der Waals surface area (Å²) in [5, 5.41) is 0.490. The van der Waals surface area contributed by atoms with E-state index in [1.54, 1.807) is 12.1 Å². The maximum absolute atomic E-state index is 13.8. The summed E-state index contributed by atoms with van der Waals surface area (Å²) in [6, 6.07) is 4.92. The zero-order chi connectivity index (χ0) is 14.7. The summed E-state index contributed by atoms with van der Waals surface area (Å²) in [4.78, 5) is 4.98. The fourth-order valence-corrected chi connectivity index (χ4v) is 2.77. The van der Waals surface area contributed by atoms with Crippen molar-refractivity contribution >= 4 is 28.8 Å². The van der Waals surface area contributed by atoms with Crippen LogP contribution in [0.25, 0.3) is 0 Å². The predicted molar refractivity (Wildman–Crippen MR) is 84.5 cm³/mol. The third-order valence-electron chi connectivity index (χ3n) is 3.81. The summed E-state index contributed by atoms with van der Waals surface area (Å²) in [6.45, 7) is 6.04. The Bertz CT molecular complexity index is 469. The second-order valence-electron chi connectivity index (χ2n) is 5.09. The first-order chi connectivity index (χ1) is 9.49. The molecule has 0 bridgehead atoms. The molecule has 0 aromatic heterocycles. The third-order valence-corrected chi connectivity index (χ3v) is 4.50. The average Bonchev–Trinajstić information content (AvgIpc) is 2.43. The molecule has 1 atom stereocenters. The second-order valence-corrected chi connectivity index (χ2v) is 5.97. The van der Waals surface area contributed by atoms with Gasteiger partial charge in [0.2, 0.25) is 0 Å². The SMILES string of the molecule is CC(C(N)=S)N1CCN(Cc2c(F)cccc2Cl)CC1. The summed E-state index contributed by atoms with van der Waals surface area (Å²) in [5.74, 6) is -0.239. The van der Waals surface area contributed by atoms with Crippen molar-refractivity contribution in [3.63, 3.8) is 0 Å². The monoisotopic (exact) mass is 315 g/mol. The van der Waals surface area contributed by atoms with Gasteiger partial charge in [-0.1, -0.05) is 29.9 Å². The number of hydrogen-bond donors (Lipinski definition) is 1. The topological polar surface area (TPSA) is 32.5 Å². The normalized spacial score (nSPS) is 18.9. The Hall–Kier alpha value is -0.750. The summed E-state index contributed by atoms with van der Waals surface area (Å²) < 4.78 is 13.8. The molecule has 1 aliphatic heterocycles. The molecule has 3 nitrogen and oxygen atoms in total. The van der Waals surface area contributed by atoms with Crippen LogP contribution in [-0.2, 0) is 6.54 Å². The van der Waals surface area contributed by atoms with E-state index in [1.807, 2.05) is 6.92 Å². The number of rotatable bonds is 4. The fourth-order valence-electron chi connectivity index (χ4n) is 2.40. The number of benzene rings is 1.